The van der Waals surface area contributed by atoms with E-state index < -0.39 is 53.8 Å². The van der Waals surface area contributed by atoms with Crippen molar-refractivity contribution >= 4 is 24.0 Å². The highest BCUT2D eigenvalue weighted by Crippen LogP contribution is 2.16. The number of rotatable bonds is 16. The third-order valence-electron chi connectivity index (χ3n) is 7.53. The van der Waals surface area contributed by atoms with Gasteiger partial charge in [0.05, 0.1) is 12.1 Å². The van der Waals surface area contributed by atoms with Crippen molar-refractivity contribution in [3.8, 4) is 0 Å². The Balaban J connectivity index is 1.72. The fourth-order valence-corrected chi connectivity index (χ4v) is 5.15. The van der Waals surface area contributed by atoms with E-state index in [0.29, 0.717) is 12.8 Å². The fraction of sp³-hybridized carbons (Fsp3) is 0.421. The molecule has 3 aromatic carbocycles. The molecule has 0 aliphatic heterocycles. The highest BCUT2D eigenvalue weighted by molar-refractivity contribution is 5.86. The van der Waals surface area contributed by atoms with Crippen molar-refractivity contribution in [2.75, 3.05) is 6.54 Å². The Morgan fingerprint density at radius 3 is 1.78 bits per heavy atom. The number of nitrogens with one attached hydrogen (secondary N) is 4. The van der Waals surface area contributed by atoms with E-state index in [0.717, 1.165) is 16.7 Å². The second-order valence-corrected chi connectivity index (χ2v) is 13.3. The summed E-state index contributed by atoms with van der Waals surface area (Å²) >= 11 is 0. The quantitative estimate of drug-likeness (QED) is 0.148. The number of benzene rings is 3. The first-order valence-electron chi connectivity index (χ1n) is 16.6. The van der Waals surface area contributed by atoms with Crippen LogP contribution in [0.25, 0.3) is 0 Å². The molecule has 4 amide bonds. The predicted octanol–water partition coefficient (Wildman–Crippen LogP) is 4.67. The zero-order valence-corrected chi connectivity index (χ0v) is 29.0. The standard InChI is InChI=1S/C38H50N4O7/c1-26(2)34(42-37(47)49-38(3,4)5)35(45)41-31(22-28-17-11-7-12-18-28)32(43)23-30(21-27-15-9-6-10-16-27)40-33(44)24-39-36(46)48-25-29-19-13-8-14-20-29/h6-20,26,30-32,34,43H,21-25H2,1-5H3,(H,39,46)(H,40,44)(H,41,45)(H,42,47)/t30?,31-,32-,34-/m0/s1. The fourth-order valence-electron chi connectivity index (χ4n) is 5.15. The summed E-state index contributed by atoms with van der Waals surface area (Å²) in [4.78, 5) is 51.5. The largest absolute Gasteiger partial charge is 0.445 e. The summed E-state index contributed by atoms with van der Waals surface area (Å²) in [5.41, 5.74) is 1.89. The van der Waals surface area contributed by atoms with Crippen LogP contribution in [0.4, 0.5) is 9.59 Å². The van der Waals surface area contributed by atoms with Gasteiger partial charge in [-0.3, -0.25) is 9.59 Å². The third kappa shape index (κ3) is 14.8. The zero-order valence-electron chi connectivity index (χ0n) is 29.0. The normalized spacial score (nSPS) is 13.7. The van der Waals surface area contributed by atoms with Gasteiger partial charge in [0.25, 0.3) is 0 Å². The van der Waals surface area contributed by atoms with E-state index in [4.69, 9.17) is 9.47 Å². The number of amides is 4. The van der Waals surface area contributed by atoms with Crippen molar-refractivity contribution in [1.82, 2.24) is 21.3 Å². The predicted molar refractivity (Wildman–Crippen MR) is 187 cm³/mol. The molecule has 11 heteroatoms. The van der Waals surface area contributed by atoms with Gasteiger partial charge in [0.2, 0.25) is 11.8 Å². The molecule has 0 aliphatic carbocycles. The molecular formula is C38H50N4O7. The van der Waals surface area contributed by atoms with Crippen LogP contribution in [0.15, 0.2) is 91.0 Å². The van der Waals surface area contributed by atoms with E-state index in [1.165, 1.54) is 0 Å². The first-order chi connectivity index (χ1) is 23.3. The topological polar surface area (TPSA) is 155 Å². The molecule has 0 radical (unpaired) electrons. The van der Waals surface area contributed by atoms with Gasteiger partial charge < -0.3 is 35.8 Å². The molecule has 0 saturated carbocycles. The Hall–Kier alpha value is -4.90. The van der Waals surface area contributed by atoms with Crippen LogP contribution >= 0.6 is 0 Å². The van der Waals surface area contributed by atoms with Crippen LogP contribution in [0.5, 0.6) is 0 Å². The van der Waals surface area contributed by atoms with Gasteiger partial charge in [-0.05, 0) is 62.6 Å². The van der Waals surface area contributed by atoms with Gasteiger partial charge in [-0.15, -0.1) is 0 Å². The number of aliphatic hydroxyl groups is 1. The second kappa shape index (κ2) is 19.2. The molecule has 5 N–H and O–H groups in total. The monoisotopic (exact) mass is 674 g/mol. The summed E-state index contributed by atoms with van der Waals surface area (Å²) in [6.45, 7) is 8.57. The number of alkyl carbamates (subject to hydrolysis) is 2. The third-order valence-corrected chi connectivity index (χ3v) is 7.53. The lowest BCUT2D eigenvalue weighted by atomic mass is 9.93. The van der Waals surface area contributed by atoms with Crippen LogP contribution in [0, 0.1) is 5.92 Å². The van der Waals surface area contributed by atoms with E-state index in [-0.39, 0.29) is 25.5 Å². The number of hydrogen-bond acceptors (Lipinski definition) is 7. The Kier molecular flexibility index (Phi) is 15.1. The van der Waals surface area contributed by atoms with Crippen LogP contribution < -0.4 is 21.3 Å². The summed E-state index contributed by atoms with van der Waals surface area (Å²) in [6.07, 6.45) is -1.78. The summed E-state index contributed by atoms with van der Waals surface area (Å²) in [6, 6.07) is 25.9. The molecule has 49 heavy (non-hydrogen) atoms. The Bertz CT molecular complexity index is 1460. The highest BCUT2D eigenvalue weighted by Gasteiger charge is 2.32. The Morgan fingerprint density at radius 2 is 1.24 bits per heavy atom. The van der Waals surface area contributed by atoms with E-state index in [1.54, 1.807) is 34.6 Å². The van der Waals surface area contributed by atoms with E-state index in [1.807, 2.05) is 91.0 Å². The van der Waals surface area contributed by atoms with Gasteiger partial charge in [-0.25, -0.2) is 9.59 Å². The van der Waals surface area contributed by atoms with Crippen LogP contribution in [-0.2, 0) is 38.5 Å². The first kappa shape index (κ1) is 38.5. The summed E-state index contributed by atoms with van der Waals surface area (Å²) in [7, 11) is 0. The van der Waals surface area contributed by atoms with E-state index in [2.05, 4.69) is 21.3 Å². The molecule has 1 unspecified atom stereocenters. The van der Waals surface area contributed by atoms with Crippen LogP contribution in [0.2, 0.25) is 0 Å². The van der Waals surface area contributed by atoms with Crippen molar-refractivity contribution < 1.29 is 33.8 Å². The highest BCUT2D eigenvalue weighted by atomic mass is 16.6. The lowest BCUT2D eigenvalue weighted by molar-refractivity contribution is -0.126. The van der Waals surface area contributed by atoms with Crippen molar-refractivity contribution in [3.63, 3.8) is 0 Å². The molecular weight excluding hydrogens is 624 g/mol. The van der Waals surface area contributed by atoms with Crippen LogP contribution in [-0.4, -0.2) is 65.5 Å². The maximum Gasteiger partial charge on any atom is 0.408 e. The maximum absolute atomic E-state index is 13.6. The molecule has 0 heterocycles. The molecule has 4 atom stereocenters. The van der Waals surface area contributed by atoms with Gasteiger partial charge in [-0.1, -0.05) is 105 Å². The summed E-state index contributed by atoms with van der Waals surface area (Å²) in [5, 5.41) is 22.7. The molecule has 0 spiro atoms. The minimum absolute atomic E-state index is 0.0661. The average molecular weight is 675 g/mol. The Morgan fingerprint density at radius 1 is 0.714 bits per heavy atom. The lowest BCUT2D eigenvalue weighted by Crippen LogP contribution is -2.56. The molecule has 0 fully saturated rings. The first-order valence-corrected chi connectivity index (χ1v) is 16.6. The van der Waals surface area contributed by atoms with Gasteiger partial charge in [0.1, 0.15) is 24.8 Å². The number of ether oxygens (including phenoxy) is 2. The summed E-state index contributed by atoms with van der Waals surface area (Å²) in [5.74, 6) is -1.21. The van der Waals surface area contributed by atoms with E-state index >= 15 is 0 Å². The number of aliphatic hydroxyl groups excluding tert-OH is 1. The average Bonchev–Trinajstić information content (AvgIpc) is 3.05. The van der Waals surface area contributed by atoms with Crippen LogP contribution in [0.1, 0.15) is 57.7 Å². The SMILES string of the molecule is CC(C)[C@H](NC(=O)OC(C)(C)C)C(=O)N[C@@H](Cc1ccccc1)[C@@H](O)CC(Cc1ccccc1)NC(=O)CNC(=O)OCc1ccccc1. The van der Waals surface area contributed by atoms with Gasteiger partial charge in [0.15, 0.2) is 0 Å². The van der Waals surface area contributed by atoms with Gasteiger partial charge in [0, 0.05) is 6.04 Å². The van der Waals surface area contributed by atoms with Crippen LogP contribution in [0.3, 0.4) is 0 Å². The van der Waals surface area contributed by atoms with Crippen molar-refractivity contribution in [2.24, 2.45) is 5.92 Å². The molecule has 0 aromatic heterocycles. The summed E-state index contributed by atoms with van der Waals surface area (Å²) < 4.78 is 10.6. The van der Waals surface area contributed by atoms with Gasteiger partial charge in [-0.2, -0.15) is 0 Å². The van der Waals surface area contributed by atoms with E-state index in [9.17, 15) is 24.3 Å². The minimum Gasteiger partial charge on any atom is -0.445 e. The zero-order chi connectivity index (χ0) is 35.8. The number of carbonyl (C=O) groups is 4. The van der Waals surface area contributed by atoms with Crippen molar-refractivity contribution in [1.29, 1.82) is 0 Å². The molecule has 0 aliphatic rings. The van der Waals surface area contributed by atoms with Crippen molar-refractivity contribution in [3.05, 3.63) is 108 Å². The van der Waals surface area contributed by atoms with Crippen molar-refractivity contribution in [2.45, 2.75) is 90.3 Å². The smallest absolute Gasteiger partial charge is 0.408 e. The molecule has 0 saturated heterocycles. The molecule has 3 rings (SSSR count). The molecule has 0 bridgehead atoms. The maximum atomic E-state index is 13.6. The number of hydrogen-bond donors (Lipinski definition) is 5. The molecule has 264 valence electrons. The number of carbonyl (C=O) groups excluding carboxylic acids is 4. The second-order valence-electron chi connectivity index (χ2n) is 13.3. The minimum atomic E-state index is -1.10. The lowest BCUT2D eigenvalue weighted by Gasteiger charge is -2.31. The molecule has 3 aromatic rings. The van der Waals surface area contributed by atoms with Gasteiger partial charge >= 0.3 is 12.2 Å². The molecule has 11 nitrogen and oxygen atoms in total. The Labute approximate surface area is 289 Å².